The minimum Gasteiger partial charge on any atom is -0.372 e. The van der Waals surface area contributed by atoms with Gasteiger partial charge in [0, 0.05) is 46.6 Å². The second-order valence-electron chi connectivity index (χ2n) is 14.0. The lowest BCUT2D eigenvalue weighted by atomic mass is 10.00. The van der Waals surface area contributed by atoms with Crippen molar-refractivity contribution in [2.75, 3.05) is 0 Å². The van der Waals surface area contributed by atoms with Crippen molar-refractivity contribution >= 4 is 35.2 Å². The Morgan fingerprint density at radius 2 is 0.550 bits per heavy atom. The maximum atomic E-state index is 7.63. The van der Waals surface area contributed by atoms with Gasteiger partial charge in [0.05, 0.1) is 0 Å². The predicted octanol–water partition coefficient (Wildman–Crippen LogP) is 7.74. The van der Waals surface area contributed by atoms with Crippen LogP contribution in [0.5, 0.6) is 0 Å². The molecule has 0 aromatic carbocycles. The van der Waals surface area contributed by atoms with E-state index in [1.54, 1.807) is 0 Å². The molecule has 8 nitrogen and oxygen atoms in total. The maximum absolute atomic E-state index is 7.63. The molecule has 0 radical (unpaired) electrons. The van der Waals surface area contributed by atoms with Gasteiger partial charge < -0.3 is 34.2 Å². The van der Waals surface area contributed by atoms with Crippen LogP contribution in [0.2, 0.25) is 22.2 Å². The summed E-state index contributed by atoms with van der Waals surface area (Å²) >= 11 is 0. The summed E-state index contributed by atoms with van der Waals surface area (Å²) in [5.74, 6) is 0. The minimum absolute atomic E-state index is 0.0495. The van der Waals surface area contributed by atoms with E-state index in [2.05, 4.69) is 55.4 Å². The van der Waals surface area contributed by atoms with E-state index in [0.29, 0.717) is 0 Å². The molecule has 5 rings (SSSR count). The zero-order valence-corrected chi connectivity index (χ0v) is 30.4. The van der Waals surface area contributed by atoms with Crippen LogP contribution in [0.15, 0.2) is 0 Å². The molecule has 0 atom stereocenters. The molecule has 1 saturated heterocycles. The molecule has 1 heterocycles. The molecule has 0 aromatic rings. The Morgan fingerprint density at radius 1 is 0.375 bits per heavy atom. The first-order chi connectivity index (χ1) is 18.9. The summed E-state index contributed by atoms with van der Waals surface area (Å²) < 4.78 is 58.5. The lowest BCUT2D eigenvalue weighted by molar-refractivity contribution is -0.0361. The molecule has 4 aliphatic carbocycles. The van der Waals surface area contributed by atoms with E-state index in [4.69, 9.17) is 34.2 Å². The summed E-state index contributed by atoms with van der Waals surface area (Å²) in [6.45, 7) is 16.8. The first-order valence-corrected chi connectivity index (χ1v) is 23.6. The van der Waals surface area contributed by atoms with Gasteiger partial charge in [-0.05, 0) is 107 Å². The molecule has 5 fully saturated rings. The number of hydrogen-bond acceptors (Lipinski definition) is 8. The summed E-state index contributed by atoms with van der Waals surface area (Å²) in [5, 5.41) is 0. The van der Waals surface area contributed by atoms with Crippen molar-refractivity contribution in [2.24, 2.45) is 0 Å². The van der Waals surface area contributed by atoms with Crippen LogP contribution in [0, 0.1) is 0 Å². The van der Waals surface area contributed by atoms with E-state index in [9.17, 15) is 0 Å². The number of rotatable bonds is 12. The average Bonchev–Trinajstić information content (AvgIpc) is 2.57. The van der Waals surface area contributed by atoms with Crippen molar-refractivity contribution in [3.63, 3.8) is 0 Å². The Labute approximate surface area is 247 Å². The van der Waals surface area contributed by atoms with Crippen LogP contribution in [-0.4, -0.2) is 59.6 Å². The highest BCUT2D eigenvalue weighted by Crippen LogP contribution is 2.58. The fourth-order valence-electron chi connectivity index (χ4n) is 6.48. The van der Waals surface area contributed by atoms with Crippen molar-refractivity contribution in [2.45, 2.75) is 179 Å². The molecule has 40 heavy (non-hydrogen) atoms. The zero-order chi connectivity index (χ0) is 28.8. The lowest BCUT2D eigenvalue weighted by Gasteiger charge is -2.59. The van der Waals surface area contributed by atoms with E-state index in [1.807, 2.05) is 0 Å². The smallest absolute Gasteiger partial charge is 0.372 e. The molecule has 0 bridgehead atoms. The normalized spacial score (nSPS) is 38.7. The highest BCUT2D eigenvalue weighted by Gasteiger charge is 2.76. The molecular formula is C28H56O8Si4. The van der Waals surface area contributed by atoms with Crippen molar-refractivity contribution in [3.8, 4) is 0 Å². The Hall–Kier alpha value is 0.548. The molecule has 4 saturated carbocycles. The monoisotopic (exact) mass is 632 g/mol. The maximum Gasteiger partial charge on any atom is 0.489 e. The average molecular weight is 633 g/mol. The van der Waals surface area contributed by atoms with Crippen LogP contribution in [0.1, 0.15) is 132 Å². The highest BCUT2D eigenvalue weighted by atomic mass is 28.6. The number of hydrogen-bond donors (Lipinski definition) is 0. The molecule has 0 aromatic heterocycles. The molecular weight excluding hydrogens is 577 g/mol. The lowest BCUT2D eigenvalue weighted by Crippen LogP contribution is -2.78. The fourth-order valence-corrected chi connectivity index (χ4v) is 29.7. The van der Waals surface area contributed by atoms with Gasteiger partial charge in [0.25, 0.3) is 0 Å². The van der Waals surface area contributed by atoms with Gasteiger partial charge in [0.15, 0.2) is 0 Å². The van der Waals surface area contributed by atoms with Crippen molar-refractivity contribution in [1.29, 1.82) is 0 Å². The first kappa shape index (κ1) is 32.0. The second kappa shape index (κ2) is 12.5. The summed E-state index contributed by atoms with van der Waals surface area (Å²) in [7, 11) is -13.5. The molecule has 232 valence electrons. The first-order valence-electron chi connectivity index (χ1n) is 16.4. The van der Waals surface area contributed by atoms with Gasteiger partial charge in [-0.2, -0.15) is 0 Å². The van der Waals surface area contributed by atoms with Crippen LogP contribution < -0.4 is 0 Å². The third kappa shape index (κ3) is 6.34. The van der Waals surface area contributed by atoms with Gasteiger partial charge >= 0.3 is 35.2 Å². The SMILES string of the molecule is CC(C)O[Si]1(C2CCC2)O[Si](OC(C)C)(C2CCC2)O[Si](OC(C)C)(C2CCC2)O[Si](OC(C)C)(C2CCC2)O1. The van der Waals surface area contributed by atoms with E-state index in [1.165, 1.54) is 25.7 Å². The van der Waals surface area contributed by atoms with Crippen LogP contribution in [0.25, 0.3) is 0 Å². The third-order valence-corrected chi connectivity index (χ3v) is 27.8. The summed E-state index contributed by atoms with van der Waals surface area (Å²) in [5.41, 5.74) is 0.876. The molecule has 0 N–H and O–H groups in total. The van der Waals surface area contributed by atoms with Gasteiger partial charge in [-0.15, -0.1) is 0 Å². The van der Waals surface area contributed by atoms with Crippen molar-refractivity contribution in [3.05, 3.63) is 0 Å². The summed E-state index contributed by atoms with van der Waals surface area (Å²) in [6, 6.07) is 0. The van der Waals surface area contributed by atoms with Crippen LogP contribution in [-0.2, 0) is 34.2 Å². The van der Waals surface area contributed by atoms with Gasteiger partial charge in [0.1, 0.15) is 0 Å². The van der Waals surface area contributed by atoms with Crippen LogP contribution >= 0.6 is 0 Å². The molecule has 12 heteroatoms. The van der Waals surface area contributed by atoms with Crippen LogP contribution in [0.4, 0.5) is 0 Å². The molecule has 0 spiro atoms. The van der Waals surface area contributed by atoms with Gasteiger partial charge in [0.2, 0.25) is 0 Å². The third-order valence-electron chi connectivity index (χ3n) is 9.16. The van der Waals surface area contributed by atoms with E-state index < -0.39 is 35.2 Å². The summed E-state index contributed by atoms with van der Waals surface area (Å²) in [6.07, 6.45) is 12.8. The Kier molecular flexibility index (Phi) is 9.99. The zero-order valence-electron chi connectivity index (χ0n) is 26.4. The largest absolute Gasteiger partial charge is 0.489 e. The molecule has 1 aliphatic heterocycles. The van der Waals surface area contributed by atoms with E-state index in [0.717, 1.165) is 51.4 Å². The molecule has 0 amide bonds. The fraction of sp³-hybridized carbons (Fsp3) is 1.00. The Morgan fingerprint density at radius 3 is 0.650 bits per heavy atom. The van der Waals surface area contributed by atoms with Crippen molar-refractivity contribution in [1.82, 2.24) is 0 Å². The van der Waals surface area contributed by atoms with Crippen molar-refractivity contribution < 1.29 is 34.2 Å². The topological polar surface area (TPSA) is 73.8 Å². The summed E-state index contributed by atoms with van der Waals surface area (Å²) in [4.78, 5) is 0. The van der Waals surface area contributed by atoms with Gasteiger partial charge in [-0.25, -0.2) is 0 Å². The molecule has 0 unspecified atom stereocenters. The highest BCUT2D eigenvalue weighted by molar-refractivity contribution is 6.90. The Bertz CT molecular complexity index is 698. The van der Waals surface area contributed by atoms with E-state index >= 15 is 0 Å². The van der Waals surface area contributed by atoms with E-state index in [-0.39, 0.29) is 46.6 Å². The van der Waals surface area contributed by atoms with Gasteiger partial charge in [-0.3, -0.25) is 0 Å². The second-order valence-corrected chi connectivity index (χ2v) is 26.3. The van der Waals surface area contributed by atoms with Crippen LogP contribution in [0.3, 0.4) is 0 Å². The Balaban J connectivity index is 1.71. The standard InChI is InChI=1S/C28H56O8Si4/c1-21(2)29-37(25-13-9-14-25)33-38(30-22(3)4,26-15-10-16-26)35-40(32-24(7)8,28-19-12-20-28)36-39(34-37,31-23(5)6)27-17-11-18-27/h21-28H,9-20H2,1-8H3. The quantitative estimate of drug-likeness (QED) is 0.202. The minimum atomic E-state index is -3.38. The molecule has 5 aliphatic rings. The predicted molar refractivity (Wildman–Crippen MR) is 163 cm³/mol. The van der Waals surface area contributed by atoms with Gasteiger partial charge in [-0.1, -0.05) is 25.7 Å².